The molecule has 0 bridgehead atoms. The zero-order chi connectivity index (χ0) is 22.2. The molecule has 3 heterocycles. The number of likely N-dealkylation sites (tertiary alicyclic amines) is 1. The van der Waals surface area contributed by atoms with Crippen molar-refractivity contribution < 1.29 is 9.15 Å². The molecule has 2 N–H and O–H groups in total. The molecule has 6 heteroatoms. The van der Waals surface area contributed by atoms with E-state index in [4.69, 9.17) is 9.15 Å². The average Bonchev–Trinajstić information content (AvgIpc) is 3.37. The van der Waals surface area contributed by atoms with Crippen LogP contribution in [0.2, 0.25) is 0 Å². The zero-order valence-electron chi connectivity index (χ0n) is 19.6. The van der Waals surface area contributed by atoms with Crippen molar-refractivity contribution in [2.45, 2.75) is 50.5 Å². The summed E-state index contributed by atoms with van der Waals surface area (Å²) in [5.41, 5.74) is 2.84. The van der Waals surface area contributed by atoms with Crippen LogP contribution in [0.3, 0.4) is 0 Å². The number of furan rings is 1. The topological polar surface area (TPSA) is 62.0 Å². The molecule has 0 amide bonds. The van der Waals surface area contributed by atoms with Gasteiger partial charge in [0.15, 0.2) is 5.96 Å². The van der Waals surface area contributed by atoms with E-state index in [2.05, 4.69) is 57.8 Å². The molecule has 0 radical (unpaired) electrons. The van der Waals surface area contributed by atoms with E-state index in [1.807, 2.05) is 13.1 Å². The quantitative estimate of drug-likeness (QED) is 0.505. The molecule has 4 rings (SSSR count). The van der Waals surface area contributed by atoms with Crippen LogP contribution in [0.15, 0.2) is 52.1 Å². The summed E-state index contributed by atoms with van der Waals surface area (Å²) in [4.78, 5) is 7.07. The number of guanidine groups is 1. The first kappa shape index (κ1) is 22.9. The molecule has 1 atom stereocenters. The van der Waals surface area contributed by atoms with Gasteiger partial charge in [0.1, 0.15) is 5.76 Å². The predicted octanol–water partition coefficient (Wildman–Crippen LogP) is 4.03. The highest BCUT2D eigenvalue weighted by Crippen LogP contribution is 2.36. The van der Waals surface area contributed by atoms with Crippen molar-refractivity contribution in [3.05, 3.63) is 59.5 Å². The second-order valence-electron chi connectivity index (χ2n) is 9.14. The smallest absolute Gasteiger partial charge is 0.191 e. The molecule has 0 spiro atoms. The summed E-state index contributed by atoms with van der Waals surface area (Å²) < 4.78 is 11.5. The molecule has 32 heavy (non-hydrogen) atoms. The summed E-state index contributed by atoms with van der Waals surface area (Å²) in [6.45, 7) is 7.68. The van der Waals surface area contributed by atoms with Gasteiger partial charge in [0.05, 0.1) is 12.3 Å². The number of aliphatic imine (C=N–C) groups is 1. The maximum absolute atomic E-state index is 5.80. The second-order valence-corrected chi connectivity index (χ2v) is 9.14. The van der Waals surface area contributed by atoms with Crippen molar-refractivity contribution in [1.29, 1.82) is 0 Å². The molecule has 0 saturated carbocycles. The van der Waals surface area contributed by atoms with Crippen LogP contribution in [0.25, 0.3) is 0 Å². The van der Waals surface area contributed by atoms with Gasteiger partial charge in [-0.2, -0.15) is 0 Å². The minimum atomic E-state index is 0.0640. The van der Waals surface area contributed by atoms with Gasteiger partial charge in [-0.05, 0) is 69.0 Å². The standard InChI is InChI=1S/C26H38N4O2/c1-21-9-4-5-10-22(21)26(12-17-31-18-13-26)20-29-25(27-2)28-19-23(24-11-8-16-32-24)30-14-6-3-7-15-30/h4-5,8-11,16,23H,3,6-7,12-15,17-20H2,1-2H3,(H2,27,28,29). The van der Waals surface area contributed by atoms with Gasteiger partial charge in [0, 0.05) is 38.8 Å². The van der Waals surface area contributed by atoms with E-state index in [9.17, 15) is 0 Å². The fraction of sp³-hybridized carbons (Fsp3) is 0.577. The normalized spacial score (nSPS) is 20.6. The lowest BCUT2D eigenvalue weighted by molar-refractivity contribution is 0.0511. The summed E-state index contributed by atoms with van der Waals surface area (Å²) in [6.07, 6.45) is 7.64. The van der Waals surface area contributed by atoms with Gasteiger partial charge >= 0.3 is 0 Å². The highest BCUT2D eigenvalue weighted by Gasteiger charge is 2.35. The Morgan fingerprint density at radius 3 is 2.53 bits per heavy atom. The molecule has 2 aliphatic rings. The Morgan fingerprint density at radius 1 is 1.06 bits per heavy atom. The largest absolute Gasteiger partial charge is 0.468 e. The number of aryl methyl sites for hydroxylation is 1. The van der Waals surface area contributed by atoms with Crippen LogP contribution in [0.1, 0.15) is 55.0 Å². The zero-order valence-corrected chi connectivity index (χ0v) is 19.6. The Hall–Kier alpha value is -2.31. The van der Waals surface area contributed by atoms with E-state index in [-0.39, 0.29) is 11.5 Å². The highest BCUT2D eigenvalue weighted by molar-refractivity contribution is 5.79. The third-order valence-corrected chi connectivity index (χ3v) is 7.15. The fourth-order valence-corrected chi connectivity index (χ4v) is 5.26. The monoisotopic (exact) mass is 438 g/mol. The van der Waals surface area contributed by atoms with E-state index in [1.165, 1.54) is 30.4 Å². The number of hydrogen-bond donors (Lipinski definition) is 2. The molecule has 0 aliphatic carbocycles. The summed E-state index contributed by atoms with van der Waals surface area (Å²) in [7, 11) is 1.85. The lowest BCUT2D eigenvalue weighted by Crippen LogP contribution is -2.50. The lowest BCUT2D eigenvalue weighted by atomic mass is 9.72. The molecule has 2 fully saturated rings. The minimum Gasteiger partial charge on any atom is -0.468 e. The summed E-state index contributed by atoms with van der Waals surface area (Å²) in [5, 5.41) is 7.23. The number of benzene rings is 1. The molecule has 2 saturated heterocycles. The lowest BCUT2D eigenvalue weighted by Gasteiger charge is -2.39. The SMILES string of the molecule is CN=C(NCC(c1ccco1)N1CCCCC1)NCC1(c2ccccc2C)CCOCC1. The van der Waals surface area contributed by atoms with Crippen LogP contribution in [-0.2, 0) is 10.2 Å². The van der Waals surface area contributed by atoms with Crippen molar-refractivity contribution in [1.82, 2.24) is 15.5 Å². The summed E-state index contributed by atoms with van der Waals surface area (Å²) in [5.74, 6) is 1.87. The van der Waals surface area contributed by atoms with Crippen molar-refractivity contribution in [3.63, 3.8) is 0 Å². The van der Waals surface area contributed by atoms with Gasteiger partial charge in [-0.1, -0.05) is 30.7 Å². The maximum Gasteiger partial charge on any atom is 0.191 e. The van der Waals surface area contributed by atoms with Crippen molar-refractivity contribution >= 4 is 5.96 Å². The van der Waals surface area contributed by atoms with Crippen LogP contribution in [0.4, 0.5) is 0 Å². The van der Waals surface area contributed by atoms with E-state index in [0.717, 1.165) is 64.0 Å². The first-order valence-corrected chi connectivity index (χ1v) is 12.1. The number of hydrogen-bond acceptors (Lipinski definition) is 4. The number of piperidine rings is 1. The summed E-state index contributed by atoms with van der Waals surface area (Å²) in [6, 6.07) is 13.1. The van der Waals surface area contributed by atoms with Crippen LogP contribution in [-0.4, -0.2) is 57.3 Å². The molecule has 1 aromatic heterocycles. The molecular weight excluding hydrogens is 400 g/mol. The first-order chi connectivity index (χ1) is 15.7. The molecule has 6 nitrogen and oxygen atoms in total. The molecular formula is C26H38N4O2. The van der Waals surface area contributed by atoms with Crippen LogP contribution in [0.5, 0.6) is 0 Å². The molecule has 2 aliphatic heterocycles. The van der Waals surface area contributed by atoms with Gasteiger partial charge in [-0.25, -0.2) is 0 Å². The van der Waals surface area contributed by atoms with Gasteiger partial charge in [-0.15, -0.1) is 0 Å². The molecule has 1 aromatic carbocycles. The van der Waals surface area contributed by atoms with Crippen molar-refractivity contribution in [2.75, 3.05) is 46.4 Å². The van der Waals surface area contributed by atoms with Gasteiger partial charge in [0.25, 0.3) is 0 Å². The first-order valence-electron chi connectivity index (χ1n) is 12.1. The van der Waals surface area contributed by atoms with Gasteiger partial charge < -0.3 is 19.8 Å². The Morgan fingerprint density at radius 2 is 1.84 bits per heavy atom. The third kappa shape index (κ3) is 5.36. The molecule has 174 valence electrons. The fourth-order valence-electron chi connectivity index (χ4n) is 5.26. The van der Waals surface area contributed by atoms with E-state index < -0.39 is 0 Å². The average molecular weight is 439 g/mol. The number of nitrogens with one attached hydrogen (secondary N) is 2. The minimum absolute atomic E-state index is 0.0640. The van der Waals surface area contributed by atoms with Crippen molar-refractivity contribution in [2.24, 2.45) is 4.99 Å². The maximum atomic E-state index is 5.80. The second kappa shape index (κ2) is 11.0. The molecule has 2 aromatic rings. The Kier molecular flexibility index (Phi) is 7.87. The van der Waals surface area contributed by atoms with Crippen molar-refractivity contribution in [3.8, 4) is 0 Å². The molecule has 1 unspecified atom stereocenters. The number of rotatable bonds is 7. The van der Waals surface area contributed by atoms with Gasteiger partial charge in [0.2, 0.25) is 0 Å². The predicted molar refractivity (Wildman–Crippen MR) is 129 cm³/mol. The third-order valence-electron chi connectivity index (χ3n) is 7.15. The van der Waals surface area contributed by atoms with E-state index in [0.29, 0.717) is 0 Å². The number of nitrogens with zero attached hydrogens (tertiary/aromatic N) is 2. The van der Waals surface area contributed by atoms with Crippen LogP contribution in [0, 0.1) is 6.92 Å². The Bertz CT molecular complexity index is 852. The van der Waals surface area contributed by atoms with E-state index in [1.54, 1.807) is 6.26 Å². The van der Waals surface area contributed by atoms with Crippen LogP contribution < -0.4 is 10.6 Å². The van der Waals surface area contributed by atoms with Gasteiger partial charge in [-0.3, -0.25) is 9.89 Å². The Labute approximate surface area is 192 Å². The number of ether oxygens (including phenoxy) is 1. The van der Waals surface area contributed by atoms with Crippen LogP contribution >= 0.6 is 0 Å². The van der Waals surface area contributed by atoms with E-state index >= 15 is 0 Å². The summed E-state index contributed by atoms with van der Waals surface area (Å²) >= 11 is 0. The highest BCUT2D eigenvalue weighted by atomic mass is 16.5. The Balaban J connectivity index is 1.42.